The van der Waals surface area contributed by atoms with Gasteiger partial charge in [-0.15, -0.1) is 0 Å². The molecule has 6 nitrogen and oxygen atoms in total. The Labute approximate surface area is 122 Å². The average molecular weight is 295 g/mol. The highest BCUT2D eigenvalue weighted by molar-refractivity contribution is 5.90. The Hall–Kier alpha value is -1.86. The Kier molecular flexibility index (Phi) is 3.94. The molecule has 2 aliphatic heterocycles. The van der Waals surface area contributed by atoms with E-state index in [4.69, 9.17) is 15.2 Å². The van der Waals surface area contributed by atoms with Crippen LogP contribution in [-0.2, 0) is 9.47 Å². The maximum Gasteiger partial charge on any atom is 0.414 e. The zero-order chi connectivity index (χ0) is 14.8. The third kappa shape index (κ3) is 2.66. The molecule has 2 N–H and O–H groups in total. The van der Waals surface area contributed by atoms with Crippen molar-refractivity contribution in [2.75, 3.05) is 49.3 Å². The van der Waals surface area contributed by atoms with Crippen molar-refractivity contribution in [3.63, 3.8) is 0 Å². The minimum atomic E-state index is -0.482. The van der Waals surface area contributed by atoms with Crippen molar-refractivity contribution in [2.24, 2.45) is 5.73 Å². The number of nitrogens with zero attached hydrogens (tertiary/aromatic N) is 2. The molecule has 0 saturated carbocycles. The number of halogens is 1. The van der Waals surface area contributed by atoms with Crippen molar-refractivity contribution in [3.8, 4) is 0 Å². The lowest BCUT2D eigenvalue weighted by Crippen LogP contribution is -2.39. The van der Waals surface area contributed by atoms with Crippen LogP contribution in [0.3, 0.4) is 0 Å². The Morgan fingerprint density at radius 3 is 2.76 bits per heavy atom. The lowest BCUT2D eigenvalue weighted by Gasteiger charge is -2.29. The third-order valence-electron chi connectivity index (χ3n) is 3.79. The van der Waals surface area contributed by atoms with Crippen LogP contribution in [0.5, 0.6) is 0 Å². The molecular formula is C14H18FN3O3. The number of carbonyl (C=O) groups is 1. The summed E-state index contributed by atoms with van der Waals surface area (Å²) in [5.41, 5.74) is 6.62. The highest BCUT2D eigenvalue weighted by Gasteiger charge is 2.33. The number of ether oxygens (including phenoxy) is 2. The molecule has 0 aromatic heterocycles. The Balaban J connectivity index is 1.85. The van der Waals surface area contributed by atoms with E-state index in [1.54, 1.807) is 12.1 Å². The summed E-state index contributed by atoms with van der Waals surface area (Å²) in [5, 5.41) is 0. The highest BCUT2D eigenvalue weighted by atomic mass is 19.1. The molecule has 2 saturated heterocycles. The SMILES string of the molecule is NCC1COC(=O)N1c1ccc(N2CCOCC2)c(F)c1. The van der Waals surface area contributed by atoms with Crippen LogP contribution in [0.2, 0.25) is 0 Å². The van der Waals surface area contributed by atoms with Crippen LogP contribution in [0, 0.1) is 5.82 Å². The van der Waals surface area contributed by atoms with Crippen LogP contribution >= 0.6 is 0 Å². The second kappa shape index (κ2) is 5.87. The predicted molar refractivity (Wildman–Crippen MR) is 76.1 cm³/mol. The number of morpholine rings is 1. The summed E-state index contributed by atoms with van der Waals surface area (Å²) in [6.45, 7) is 3.02. The average Bonchev–Trinajstić information content (AvgIpc) is 2.89. The molecule has 1 amide bonds. The summed E-state index contributed by atoms with van der Waals surface area (Å²) in [7, 11) is 0. The van der Waals surface area contributed by atoms with Crippen LogP contribution in [0.15, 0.2) is 18.2 Å². The highest BCUT2D eigenvalue weighted by Crippen LogP contribution is 2.28. The second-order valence-corrected chi connectivity index (χ2v) is 5.07. The van der Waals surface area contributed by atoms with Gasteiger partial charge in [0.1, 0.15) is 12.4 Å². The van der Waals surface area contributed by atoms with Gasteiger partial charge in [-0.25, -0.2) is 9.18 Å². The number of cyclic esters (lactones) is 1. The molecule has 3 rings (SSSR count). The molecule has 2 aliphatic rings. The standard InChI is InChI=1S/C14H18FN3O3/c15-12-7-10(18-11(8-16)9-21-14(18)19)1-2-13(12)17-3-5-20-6-4-17/h1-2,7,11H,3-6,8-9,16H2. The topological polar surface area (TPSA) is 68.0 Å². The normalized spacial score (nSPS) is 22.6. The first kappa shape index (κ1) is 14.1. The number of hydrogen-bond acceptors (Lipinski definition) is 5. The zero-order valence-electron chi connectivity index (χ0n) is 11.6. The van der Waals surface area contributed by atoms with Gasteiger partial charge >= 0.3 is 6.09 Å². The molecule has 1 aromatic carbocycles. The minimum absolute atomic E-state index is 0.238. The molecule has 1 unspecified atom stereocenters. The van der Waals surface area contributed by atoms with Gasteiger partial charge in [-0.05, 0) is 18.2 Å². The first-order valence-corrected chi connectivity index (χ1v) is 6.99. The van der Waals surface area contributed by atoms with E-state index in [1.807, 2.05) is 4.90 Å². The summed E-state index contributed by atoms with van der Waals surface area (Å²) in [6.07, 6.45) is -0.482. The summed E-state index contributed by atoms with van der Waals surface area (Å²) >= 11 is 0. The molecular weight excluding hydrogens is 277 g/mol. The molecule has 21 heavy (non-hydrogen) atoms. The number of benzene rings is 1. The van der Waals surface area contributed by atoms with Crippen LogP contribution in [0.25, 0.3) is 0 Å². The quantitative estimate of drug-likeness (QED) is 0.899. The van der Waals surface area contributed by atoms with Crippen molar-refractivity contribution in [1.82, 2.24) is 0 Å². The summed E-state index contributed by atoms with van der Waals surface area (Å²) in [5.74, 6) is -0.357. The van der Waals surface area contributed by atoms with Gasteiger partial charge < -0.3 is 20.1 Å². The van der Waals surface area contributed by atoms with E-state index in [2.05, 4.69) is 0 Å². The third-order valence-corrected chi connectivity index (χ3v) is 3.79. The summed E-state index contributed by atoms with van der Waals surface area (Å²) < 4.78 is 24.6. The van der Waals surface area contributed by atoms with Gasteiger partial charge in [0, 0.05) is 19.6 Å². The molecule has 7 heteroatoms. The molecule has 0 bridgehead atoms. The lowest BCUT2D eigenvalue weighted by atomic mass is 10.2. The summed E-state index contributed by atoms with van der Waals surface area (Å²) in [6, 6.07) is 4.53. The van der Waals surface area contributed by atoms with Crippen molar-refractivity contribution in [1.29, 1.82) is 0 Å². The molecule has 114 valence electrons. The molecule has 0 spiro atoms. The van der Waals surface area contributed by atoms with E-state index in [9.17, 15) is 9.18 Å². The van der Waals surface area contributed by atoms with Gasteiger partial charge in [-0.1, -0.05) is 0 Å². The first-order valence-electron chi connectivity index (χ1n) is 6.99. The van der Waals surface area contributed by atoms with Crippen LogP contribution in [0.4, 0.5) is 20.6 Å². The largest absolute Gasteiger partial charge is 0.447 e. The van der Waals surface area contributed by atoms with E-state index in [1.165, 1.54) is 11.0 Å². The molecule has 1 atom stereocenters. The van der Waals surface area contributed by atoms with Crippen molar-refractivity contribution in [3.05, 3.63) is 24.0 Å². The van der Waals surface area contributed by atoms with E-state index in [-0.39, 0.29) is 25.0 Å². The number of hydrogen-bond donors (Lipinski definition) is 1. The van der Waals surface area contributed by atoms with Crippen molar-refractivity contribution >= 4 is 17.5 Å². The van der Waals surface area contributed by atoms with Crippen LogP contribution in [0.1, 0.15) is 0 Å². The number of anilines is 2. The number of rotatable bonds is 3. The molecule has 0 aliphatic carbocycles. The van der Waals surface area contributed by atoms with Gasteiger partial charge in [-0.3, -0.25) is 4.90 Å². The molecule has 2 heterocycles. The van der Waals surface area contributed by atoms with Gasteiger partial charge in [0.15, 0.2) is 0 Å². The molecule has 2 fully saturated rings. The van der Waals surface area contributed by atoms with Gasteiger partial charge in [-0.2, -0.15) is 0 Å². The molecule has 1 aromatic rings. The van der Waals surface area contributed by atoms with E-state index in [0.29, 0.717) is 37.7 Å². The van der Waals surface area contributed by atoms with Crippen LogP contribution in [-0.4, -0.2) is 51.6 Å². The number of carbonyl (C=O) groups excluding carboxylic acids is 1. The molecule has 0 radical (unpaired) electrons. The fourth-order valence-corrected chi connectivity index (χ4v) is 2.66. The van der Waals surface area contributed by atoms with E-state index < -0.39 is 6.09 Å². The maximum absolute atomic E-state index is 14.4. The van der Waals surface area contributed by atoms with Crippen LogP contribution < -0.4 is 15.5 Å². The van der Waals surface area contributed by atoms with Gasteiger partial charge in [0.2, 0.25) is 0 Å². The Morgan fingerprint density at radius 1 is 1.33 bits per heavy atom. The Bertz CT molecular complexity index is 534. The fourth-order valence-electron chi connectivity index (χ4n) is 2.66. The van der Waals surface area contributed by atoms with Crippen molar-refractivity contribution < 1.29 is 18.7 Å². The predicted octanol–water partition coefficient (Wildman–Crippen LogP) is 0.946. The number of nitrogens with two attached hydrogens (primary N) is 1. The zero-order valence-corrected chi connectivity index (χ0v) is 11.6. The minimum Gasteiger partial charge on any atom is -0.447 e. The van der Waals surface area contributed by atoms with E-state index in [0.717, 1.165) is 0 Å². The smallest absolute Gasteiger partial charge is 0.414 e. The number of amides is 1. The second-order valence-electron chi connectivity index (χ2n) is 5.07. The fraction of sp³-hybridized carbons (Fsp3) is 0.500. The first-order chi connectivity index (χ1) is 10.2. The lowest BCUT2D eigenvalue weighted by molar-refractivity contribution is 0.122. The van der Waals surface area contributed by atoms with E-state index >= 15 is 0 Å². The Morgan fingerprint density at radius 2 is 2.10 bits per heavy atom. The monoisotopic (exact) mass is 295 g/mol. The summed E-state index contributed by atoms with van der Waals surface area (Å²) in [4.78, 5) is 15.1. The van der Waals surface area contributed by atoms with Gasteiger partial charge in [0.25, 0.3) is 0 Å². The van der Waals surface area contributed by atoms with Gasteiger partial charge in [0.05, 0.1) is 30.6 Å². The maximum atomic E-state index is 14.4. The van der Waals surface area contributed by atoms with Crippen molar-refractivity contribution in [2.45, 2.75) is 6.04 Å².